The Morgan fingerprint density at radius 3 is 1.98 bits per heavy atom. The van der Waals surface area contributed by atoms with Crippen LogP contribution in [0.5, 0.6) is 0 Å². The summed E-state index contributed by atoms with van der Waals surface area (Å²) in [5.74, 6) is -1.15. The van der Waals surface area contributed by atoms with Gasteiger partial charge in [-0.15, -0.1) is 0 Å². The molecule has 1 aliphatic carbocycles. The first-order chi connectivity index (χ1) is 21.0. The van der Waals surface area contributed by atoms with E-state index in [1.807, 2.05) is 36.4 Å². The van der Waals surface area contributed by atoms with Crippen molar-refractivity contribution in [1.82, 2.24) is 16.0 Å². The van der Waals surface area contributed by atoms with E-state index in [9.17, 15) is 19.2 Å². The molecule has 2 aromatic carbocycles. The molecule has 0 spiro atoms. The molecule has 2 unspecified atom stereocenters. The molecule has 240 valence electrons. The summed E-state index contributed by atoms with van der Waals surface area (Å²) in [6.07, 6.45) is 3.15. The number of hydrogen-bond donors (Lipinski definition) is 3. The van der Waals surface area contributed by atoms with Crippen molar-refractivity contribution < 1.29 is 33.4 Å². The standard InChI is InChI=1S/C34H47N3O7/c1-6-7-8-20-29(31(39)42-5)36-30(38)28(19-13-14-21-35-32(40)44-34(2,3)4)37-33(41)43-22-27-25-17-11-9-15-23(25)24-16-10-12-18-26(24)27/h9-12,15-18,27-29H,6-8,13-14,19-22H2,1-5H3,(H,35,40)(H,36,38)(H,37,41). The van der Waals surface area contributed by atoms with Crippen LogP contribution in [0.4, 0.5) is 9.59 Å². The van der Waals surface area contributed by atoms with E-state index in [0.29, 0.717) is 25.8 Å². The van der Waals surface area contributed by atoms with Crippen LogP contribution >= 0.6 is 0 Å². The van der Waals surface area contributed by atoms with Gasteiger partial charge in [0.1, 0.15) is 24.3 Å². The Kier molecular flexibility index (Phi) is 13.0. The lowest BCUT2D eigenvalue weighted by Gasteiger charge is -2.23. The van der Waals surface area contributed by atoms with Crippen LogP contribution in [-0.4, -0.2) is 62.0 Å². The van der Waals surface area contributed by atoms with Gasteiger partial charge >= 0.3 is 18.2 Å². The van der Waals surface area contributed by atoms with Crippen LogP contribution in [0.15, 0.2) is 48.5 Å². The first-order valence-corrected chi connectivity index (χ1v) is 15.5. The predicted molar refractivity (Wildman–Crippen MR) is 168 cm³/mol. The van der Waals surface area contributed by atoms with Crippen LogP contribution in [0, 0.1) is 0 Å². The highest BCUT2D eigenvalue weighted by molar-refractivity contribution is 5.89. The van der Waals surface area contributed by atoms with Crippen LogP contribution in [0.25, 0.3) is 11.1 Å². The normalized spacial score (nSPS) is 13.6. The summed E-state index contributed by atoms with van der Waals surface area (Å²) in [6.45, 7) is 7.86. The number of carbonyl (C=O) groups is 4. The number of ether oxygens (including phenoxy) is 3. The third-order valence-electron chi connectivity index (χ3n) is 7.44. The number of fused-ring (bicyclic) bond motifs is 3. The van der Waals surface area contributed by atoms with Gasteiger partial charge in [-0.1, -0.05) is 74.7 Å². The zero-order valence-electron chi connectivity index (χ0n) is 26.6. The van der Waals surface area contributed by atoms with E-state index in [2.05, 4.69) is 35.0 Å². The minimum Gasteiger partial charge on any atom is -0.467 e. The van der Waals surface area contributed by atoms with Gasteiger partial charge in [0.25, 0.3) is 0 Å². The van der Waals surface area contributed by atoms with Crippen LogP contribution in [0.1, 0.15) is 89.7 Å². The number of hydrogen-bond acceptors (Lipinski definition) is 7. The molecule has 3 N–H and O–H groups in total. The molecule has 0 radical (unpaired) electrons. The summed E-state index contributed by atoms with van der Waals surface area (Å²) in [5, 5.41) is 8.18. The van der Waals surface area contributed by atoms with Gasteiger partial charge in [0.15, 0.2) is 0 Å². The second-order valence-corrected chi connectivity index (χ2v) is 12.0. The molecular formula is C34H47N3O7. The number of carbonyl (C=O) groups excluding carboxylic acids is 4. The fraction of sp³-hybridized carbons (Fsp3) is 0.529. The minimum absolute atomic E-state index is 0.107. The van der Waals surface area contributed by atoms with E-state index in [1.54, 1.807) is 20.8 Å². The Labute approximate surface area is 260 Å². The molecule has 10 heteroatoms. The SMILES string of the molecule is CCCCCC(NC(=O)C(CCCCNC(=O)OC(C)(C)C)NC(=O)OCC1c2ccccc2-c2ccccc21)C(=O)OC. The molecule has 0 heterocycles. The van der Waals surface area contributed by atoms with Gasteiger partial charge in [-0.2, -0.15) is 0 Å². The molecule has 0 aliphatic heterocycles. The number of amides is 3. The molecule has 3 rings (SSSR count). The molecule has 0 saturated heterocycles. The Morgan fingerprint density at radius 2 is 1.39 bits per heavy atom. The van der Waals surface area contributed by atoms with Crippen LogP contribution in [-0.2, 0) is 23.8 Å². The topological polar surface area (TPSA) is 132 Å². The van der Waals surface area contributed by atoms with Gasteiger partial charge < -0.3 is 30.2 Å². The quantitative estimate of drug-likeness (QED) is 0.132. The van der Waals surface area contributed by atoms with Gasteiger partial charge in [0, 0.05) is 12.5 Å². The molecule has 0 fully saturated rings. The first-order valence-electron chi connectivity index (χ1n) is 15.5. The van der Waals surface area contributed by atoms with Crippen molar-refractivity contribution in [2.24, 2.45) is 0 Å². The lowest BCUT2D eigenvalue weighted by molar-refractivity contribution is -0.145. The molecule has 44 heavy (non-hydrogen) atoms. The molecule has 2 aromatic rings. The van der Waals surface area contributed by atoms with E-state index in [4.69, 9.17) is 14.2 Å². The third kappa shape index (κ3) is 10.3. The van der Waals surface area contributed by atoms with E-state index >= 15 is 0 Å². The number of rotatable bonds is 15. The smallest absolute Gasteiger partial charge is 0.407 e. The van der Waals surface area contributed by atoms with Crippen molar-refractivity contribution in [2.75, 3.05) is 20.3 Å². The van der Waals surface area contributed by atoms with Gasteiger partial charge in [0.05, 0.1) is 7.11 Å². The zero-order chi connectivity index (χ0) is 32.1. The highest BCUT2D eigenvalue weighted by Crippen LogP contribution is 2.44. The molecular weight excluding hydrogens is 562 g/mol. The highest BCUT2D eigenvalue weighted by atomic mass is 16.6. The van der Waals surface area contributed by atoms with E-state index < -0.39 is 41.7 Å². The van der Waals surface area contributed by atoms with Crippen molar-refractivity contribution >= 4 is 24.1 Å². The molecule has 0 saturated carbocycles. The monoisotopic (exact) mass is 609 g/mol. The first kappa shape index (κ1) is 34.4. The van der Waals surface area contributed by atoms with E-state index in [-0.39, 0.29) is 18.9 Å². The summed E-state index contributed by atoms with van der Waals surface area (Å²) in [5.41, 5.74) is 3.80. The molecule has 10 nitrogen and oxygen atoms in total. The Morgan fingerprint density at radius 1 is 0.795 bits per heavy atom. The average Bonchev–Trinajstić information content (AvgIpc) is 3.31. The maximum atomic E-state index is 13.4. The van der Waals surface area contributed by atoms with Crippen LogP contribution < -0.4 is 16.0 Å². The minimum atomic E-state index is -0.953. The molecule has 0 bridgehead atoms. The van der Waals surface area contributed by atoms with Gasteiger partial charge in [-0.25, -0.2) is 14.4 Å². The summed E-state index contributed by atoms with van der Waals surface area (Å²) in [4.78, 5) is 50.8. The number of nitrogens with one attached hydrogen (secondary N) is 3. The molecule has 3 amide bonds. The summed E-state index contributed by atoms with van der Waals surface area (Å²) in [7, 11) is 1.28. The van der Waals surface area contributed by atoms with E-state index in [0.717, 1.165) is 41.5 Å². The van der Waals surface area contributed by atoms with E-state index in [1.165, 1.54) is 7.11 Å². The fourth-order valence-corrected chi connectivity index (χ4v) is 5.29. The number of unbranched alkanes of at least 4 members (excludes halogenated alkanes) is 3. The Balaban J connectivity index is 1.63. The molecule has 0 aromatic heterocycles. The predicted octanol–water partition coefficient (Wildman–Crippen LogP) is 5.83. The Hall–Kier alpha value is -4.08. The number of benzene rings is 2. The lowest BCUT2D eigenvalue weighted by Crippen LogP contribution is -2.52. The van der Waals surface area contributed by atoms with Crippen molar-refractivity contribution in [2.45, 2.75) is 96.2 Å². The summed E-state index contributed by atoms with van der Waals surface area (Å²) >= 11 is 0. The van der Waals surface area contributed by atoms with Crippen LogP contribution in [0.2, 0.25) is 0 Å². The third-order valence-corrected chi connectivity index (χ3v) is 7.44. The number of alkyl carbamates (subject to hydrolysis) is 2. The average molecular weight is 610 g/mol. The van der Waals surface area contributed by atoms with Crippen molar-refractivity contribution in [3.05, 3.63) is 59.7 Å². The highest BCUT2D eigenvalue weighted by Gasteiger charge is 2.31. The Bertz CT molecular complexity index is 1230. The van der Waals surface area contributed by atoms with Crippen LogP contribution in [0.3, 0.4) is 0 Å². The van der Waals surface area contributed by atoms with Gasteiger partial charge in [-0.3, -0.25) is 4.79 Å². The zero-order valence-corrected chi connectivity index (χ0v) is 26.6. The van der Waals surface area contributed by atoms with Crippen molar-refractivity contribution in [3.63, 3.8) is 0 Å². The second-order valence-electron chi connectivity index (χ2n) is 12.0. The molecule has 1 aliphatic rings. The largest absolute Gasteiger partial charge is 0.467 e. The van der Waals surface area contributed by atoms with Gasteiger partial charge in [0.2, 0.25) is 5.91 Å². The lowest BCUT2D eigenvalue weighted by atomic mass is 9.98. The van der Waals surface area contributed by atoms with Crippen molar-refractivity contribution in [1.29, 1.82) is 0 Å². The van der Waals surface area contributed by atoms with Gasteiger partial charge in [-0.05, 0) is 68.7 Å². The maximum absolute atomic E-state index is 13.4. The molecule has 2 atom stereocenters. The number of methoxy groups -OCH3 is 1. The summed E-state index contributed by atoms with van der Waals surface area (Å²) < 4.78 is 15.8. The maximum Gasteiger partial charge on any atom is 0.407 e. The fourth-order valence-electron chi connectivity index (χ4n) is 5.29. The summed E-state index contributed by atoms with van der Waals surface area (Å²) in [6, 6.07) is 14.3. The van der Waals surface area contributed by atoms with Crippen molar-refractivity contribution in [3.8, 4) is 11.1 Å². The second kappa shape index (κ2) is 16.7. The number of esters is 1.